The monoisotopic (exact) mass is 309 g/mol. The lowest BCUT2D eigenvalue weighted by molar-refractivity contribution is -0.147. The highest BCUT2D eigenvalue weighted by Gasteiger charge is 2.31. The Morgan fingerprint density at radius 1 is 1.36 bits per heavy atom. The molecule has 2 rings (SSSR count). The van der Waals surface area contributed by atoms with Crippen molar-refractivity contribution in [2.75, 3.05) is 13.1 Å². The van der Waals surface area contributed by atoms with E-state index in [9.17, 15) is 14.0 Å². The molecule has 0 saturated carbocycles. The molecule has 1 aliphatic rings. The number of hydrogen-bond donors (Lipinski definition) is 1. The fraction of sp³-hybridized carbons (Fsp3) is 0.500. The van der Waals surface area contributed by atoms with Gasteiger partial charge in [-0.15, -0.1) is 0 Å². The van der Waals surface area contributed by atoms with Gasteiger partial charge < -0.3 is 14.7 Å². The maximum Gasteiger partial charge on any atom is 0.306 e. The topological polar surface area (TPSA) is 66.8 Å². The summed E-state index contributed by atoms with van der Waals surface area (Å²) in [4.78, 5) is 25.0. The lowest BCUT2D eigenvalue weighted by atomic mass is 9.96. The molecule has 0 radical (unpaired) electrons. The number of ether oxygens (including phenoxy) is 1. The van der Waals surface area contributed by atoms with Crippen LogP contribution in [0.3, 0.4) is 0 Å². The molecule has 5 nitrogen and oxygen atoms in total. The predicted molar refractivity (Wildman–Crippen MR) is 78.0 cm³/mol. The van der Waals surface area contributed by atoms with E-state index in [1.165, 1.54) is 12.1 Å². The first-order valence-electron chi connectivity index (χ1n) is 7.45. The molecule has 1 heterocycles. The van der Waals surface area contributed by atoms with Gasteiger partial charge in [-0.2, -0.15) is 0 Å². The minimum Gasteiger partial charge on any atom is -0.481 e. The number of para-hydroxylation sites is 1. The molecule has 1 aromatic rings. The number of carboxylic acids is 1. The summed E-state index contributed by atoms with van der Waals surface area (Å²) in [5.74, 6) is -1.87. The Morgan fingerprint density at radius 3 is 2.55 bits per heavy atom. The van der Waals surface area contributed by atoms with Crippen LogP contribution in [-0.2, 0) is 9.59 Å². The molecule has 120 valence electrons. The lowest BCUT2D eigenvalue weighted by Gasteiger charge is -2.32. The summed E-state index contributed by atoms with van der Waals surface area (Å²) in [6.45, 7) is 2.59. The van der Waals surface area contributed by atoms with Crippen molar-refractivity contribution in [2.45, 2.75) is 32.3 Å². The van der Waals surface area contributed by atoms with Crippen molar-refractivity contribution in [2.24, 2.45) is 5.92 Å². The average molecular weight is 309 g/mol. The van der Waals surface area contributed by atoms with Crippen molar-refractivity contribution < 1.29 is 23.8 Å². The Balaban J connectivity index is 1.98. The van der Waals surface area contributed by atoms with Gasteiger partial charge in [-0.1, -0.05) is 19.1 Å². The van der Waals surface area contributed by atoms with Crippen LogP contribution in [0.1, 0.15) is 26.2 Å². The van der Waals surface area contributed by atoms with E-state index in [4.69, 9.17) is 9.84 Å². The fourth-order valence-corrected chi connectivity index (χ4v) is 2.55. The second-order valence-corrected chi connectivity index (χ2v) is 5.38. The summed E-state index contributed by atoms with van der Waals surface area (Å²) in [6, 6.07) is 5.97. The van der Waals surface area contributed by atoms with Crippen molar-refractivity contribution in [3.05, 3.63) is 30.1 Å². The van der Waals surface area contributed by atoms with E-state index >= 15 is 0 Å². The van der Waals surface area contributed by atoms with Crippen molar-refractivity contribution in [1.82, 2.24) is 4.90 Å². The van der Waals surface area contributed by atoms with E-state index < -0.39 is 23.8 Å². The van der Waals surface area contributed by atoms with E-state index in [1.807, 2.05) is 0 Å². The van der Waals surface area contributed by atoms with Crippen LogP contribution in [0, 0.1) is 11.7 Å². The smallest absolute Gasteiger partial charge is 0.306 e. The highest BCUT2D eigenvalue weighted by Crippen LogP contribution is 2.22. The highest BCUT2D eigenvalue weighted by atomic mass is 19.1. The van der Waals surface area contributed by atoms with Gasteiger partial charge in [0.05, 0.1) is 5.92 Å². The van der Waals surface area contributed by atoms with Crippen molar-refractivity contribution in [3.8, 4) is 5.75 Å². The lowest BCUT2D eigenvalue weighted by Crippen LogP contribution is -2.46. The van der Waals surface area contributed by atoms with Crippen LogP contribution in [0.25, 0.3) is 0 Å². The van der Waals surface area contributed by atoms with Gasteiger partial charge in [-0.05, 0) is 31.4 Å². The third kappa shape index (κ3) is 3.75. The van der Waals surface area contributed by atoms with Crippen molar-refractivity contribution >= 4 is 11.9 Å². The number of nitrogens with zero attached hydrogens (tertiary/aromatic N) is 1. The Labute approximate surface area is 128 Å². The first-order chi connectivity index (χ1) is 10.5. The highest BCUT2D eigenvalue weighted by molar-refractivity contribution is 5.81. The third-order valence-electron chi connectivity index (χ3n) is 3.91. The number of hydrogen-bond acceptors (Lipinski definition) is 3. The minimum absolute atomic E-state index is 0.0584. The normalized spacial score (nSPS) is 17.1. The molecular weight excluding hydrogens is 289 g/mol. The zero-order valence-corrected chi connectivity index (χ0v) is 12.5. The van der Waals surface area contributed by atoms with E-state index in [0.717, 1.165) is 0 Å². The zero-order chi connectivity index (χ0) is 16.1. The molecule has 0 spiro atoms. The van der Waals surface area contributed by atoms with Gasteiger partial charge in [0.15, 0.2) is 17.7 Å². The molecule has 0 unspecified atom stereocenters. The quantitative estimate of drug-likeness (QED) is 0.906. The Bertz CT molecular complexity index is 541. The molecule has 1 amide bonds. The Morgan fingerprint density at radius 2 is 2.00 bits per heavy atom. The van der Waals surface area contributed by atoms with Gasteiger partial charge in [-0.3, -0.25) is 9.59 Å². The maximum atomic E-state index is 13.6. The number of carbonyl (C=O) groups is 2. The van der Waals surface area contributed by atoms with Crippen LogP contribution in [0.15, 0.2) is 24.3 Å². The molecule has 1 N–H and O–H groups in total. The molecule has 6 heteroatoms. The van der Waals surface area contributed by atoms with Gasteiger partial charge in [-0.25, -0.2) is 4.39 Å². The molecule has 1 saturated heterocycles. The number of halogens is 1. The fourth-order valence-electron chi connectivity index (χ4n) is 2.55. The molecule has 22 heavy (non-hydrogen) atoms. The second-order valence-electron chi connectivity index (χ2n) is 5.38. The predicted octanol–water partition coefficient (Wildman–Crippen LogP) is 2.31. The number of carbonyl (C=O) groups excluding carboxylic acids is 1. The summed E-state index contributed by atoms with van der Waals surface area (Å²) in [7, 11) is 0. The van der Waals surface area contributed by atoms with Gasteiger partial charge in [0.25, 0.3) is 5.91 Å². The summed E-state index contributed by atoms with van der Waals surface area (Å²) in [5.41, 5.74) is 0. The van der Waals surface area contributed by atoms with E-state index in [0.29, 0.717) is 32.4 Å². The number of rotatable bonds is 5. The largest absolute Gasteiger partial charge is 0.481 e. The average Bonchev–Trinajstić information content (AvgIpc) is 2.53. The van der Waals surface area contributed by atoms with Crippen molar-refractivity contribution in [1.29, 1.82) is 0 Å². The number of likely N-dealkylation sites (tertiary alicyclic amines) is 1. The number of amides is 1. The SMILES string of the molecule is CC[C@@H](Oc1ccccc1F)C(=O)N1CCC(C(=O)O)CC1. The number of carboxylic acid groups (broad SMARTS) is 1. The van der Waals surface area contributed by atoms with Crippen LogP contribution in [0.4, 0.5) is 4.39 Å². The number of benzene rings is 1. The molecule has 1 fully saturated rings. The van der Waals surface area contributed by atoms with Gasteiger partial charge in [0.1, 0.15) is 0 Å². The van der Waals surface area contributed by atoms with Gasteiger partial charge in [0, 0.05) is 13.1 Å². The van der Waals surface area contributed by atoms with Crippen molar-refractivity contribution in [3.63, 3.8) is 0 Å². The third-order valence-corrected chi connectivity index (χ3v) is 3.91. The zero-order valence-electron chi connectivity index (χ0n) is 12.5. The summed E-state index contributed by atoms with van der Waals surface area (Å²) < 4.78 is 19.1. The molecular formula is C16H20FNO4. The first kappa shape index (κ1) is 16.3. The van der Waals surface area contributed by atoms with Crippen LogP contribution >= 0.6 is 0 Å². The van der Waals surface area contributed by atoms with Crippen LogP contribution in [-0.4, -0.2) is 41.1 Å². The van der Waals surface area contributed by atoms with Gasteiger partial charge >= 0.3 is 5.97 Å². The molecule has 0 aliphatic carbocycles. The van der Waals surface area contributed by atoms with E-state index in [-0.39, 0.29) is 11.7 Å². The number of piperidine rings is 1. The molecule has 0 bridgehead atoms. The molecule has 1 aromatic carbocycles. The summed E-state index contributed by atoms with van der Waals surface area (Å²) in [5, 5.41) is 8.97. The standard InChI is InChI=1S/C16H20FNO4/c1-2-13(22-14-6-4-3-5-12(14)17)15(19)18-9-7-11(8-10-18)16(20)21/h3-6,11,13H,2,7-10H2,1H3,(H,20,21)/t13-/m1/s1. The van der Waals surface area contributed by atoms with E-state index in [1.54, 1.807) is 24.0 Å². The number of aliphatic carboxylic acids is 1. The van der Waals surface area contributed by atoms with Gasteiger partial charge in [0.2, 0.25) is 0 Å². The Kier molecular flexibility index (Phi) is 5.35. The van der Waals surface area contributed by atoms with E-state index in [2.05, 4.69) is 0 Å². The van der Waals surface area contributed by atoms with Crippen LogP contribution < -0.4 is 4.74 Å². The summed E-state index contributed by atoms with van der Waals surface area (Å²) in [6.07, 6.45) is 0.554. The molecule has 1 aliphatic heterocycles. The second kappa shape index (κ2) is 7.24. The molecule has 1 atom stereocenters. The maximum absolute atomic E-state index is 13.6. The van der Waals surface area contributed by atoms with Crippen LogP contribution in [0.2, 0.25) is 0 Å². The first-order valence-corrected chi connectivity index (χ1v) is 7.45. The minimum atomic E-state index is -0.818. The molecule has 0 aromatic heterocycles. The Hall–Kier alpha value is -2.11. The summed E-state index contributed by atoms with van der Waals surface area (Å²) >= 11 is 0. The van der Waals surface area contributed by atoms with Crippen LogP contribution in [0.5, 0.6) is 5.75 Å².